The third-order valence-electron chi connectivity index (χ3n) is 3.01. The first kappa shape index (κ1) is 20.4. The van der Waals surface area contributed by atoms with E-state index >= 15 is 0 Å². The molecule has 0 heterocycles. The molecule has 0 saturated carbocycles. The molecule has 0 saturated heterocycles. The zero-order chi connectivity index (χ0) is 18.8. The zero-order valence-corrected chi connectivity index (χ0v) is 14.6. The molecule has 3 amide bonds. The van der Waals surface area contributed by atoms with Crippen LogP contribution in [0.1, 0.15) is 20.3 Å². The number of para-hydroxylation sites is 1. The molecular formula is C15H19N3O6S. The average molecular weight is 369 g/mol. The minimum atomic E-state index is -0.759. The summed E-state index contributed by atoms with van der Waals surface area (Å²) in [7, 11) is 0. The Labute approximate surface area is 148 Å². The first-order valence-electron chi connectivity index (χ1n) is 7.45. The SMILES string of the molecule is CC[C@H](C)NC(=O)NC(=O)COC(=O)CSc1ccccc1[N+](=O)[O-]. The lowest BCUT2D eigenvalue weighted by atomic mass is 10.3. The van der Waals surface area contributed by atoms with Crippen molar-refractivity contribution in [2.75, 3.05) is 12.4 Å². The zero-order valence-electron chi connectivity index (χ0n) is 13.8. The van der Waals surface area contributed by atoms with Crippen molar-refractivity contribution in [3.63, 3.8) is 0 Å². The van der Waals surface area contributed by atoms with Gasteiger partial charge in [0, 0.05) is 12.1 Å². The molecule has 1 rings (SSSR count). The van der Waals surface area contributed by atoms with Crippen LogP contribution in [0.2, 0.25) is 0 Å². The number of nitrogens with one attached hydrogen (secondary N) is 2. The molecule has 0 aromatic heterocycles. The number of benzene rings is 1. The largest absolute Gasteiger partial charge is 0.455 e. The second-order valence-electron chi connectivity index (χ2n) is 5.01. The van der Waals surface area contributed by atoms with Gasteiger partial charge in [0.2, 0.25) is 0 Å². The molecule has 1 aromatic carbocycles. The number of imide groups is 1. The van der Waals surface area contributed by atoms with Gasteiger partial charge in [-0.15, -0.1) is 11.8 Å². The number of nitro groups is 1. The normalized spacial score (nSPS) is 11.3. The summed E-state index contributed by atoms with van der Waals surface area (Å²) in [5.41, 5.74) is -0.111. The quantitative estimate of drug-likeness (QED) is 0.310. The first-order chi connectivity index (χ1) is 11.8. The predicted octanol–water partition coefficient (Wildman–Crippen LogP) is 1.85. The lowest BCUT2D eigenvalue weighted by Crippen LogP contribution is -2.44. The van der Waals surface area contributed by atoms with E-state index in [4.69, 9.17) is 4.74 Å². The molecule has 10 heteroatoms. The van der Waals surface area contributed by atoms with Crippen LogP contribution in [0.25, 0.3) is 0 Å². The maximum absolute atomic E-state index is 11.6. The van der Waals surface area contributed by atoms with Crippen LogP contribution >= 0.6 is 11.8 Å². The van der Waals surface area contributed by atoms with Crippen molar-refractivity contribution in [2.45, 2.75) is 31.2 Å². The van der Waals surface area contributed by atoms with Gasteiger partial charge in [0.1, 0.15) is 0 Å². The molecule has 0 radical (unpaired) electrons. The second-order valence-corrected chi connectivity index (χ2v) is 6.02. The van der Waals surface area contributed by atoms with Gasteiger partial charge >= 0.3 is 12.0 Å². The fraction of sp³-hybridized carbons (Fsp3) is 0.400. The Morgan fingerprint density at radius 1 is 1.32 bits per heavy atom. The van der Waals surface area contributed by atoms with Gasteiger partial charge in [-0.1, -0.05) is 19.1 Å². The molecule has 9 nitrogen and oxygen atoms in total. The fourth-order valence-corrected chi connectivity index (χ4v) is 2.40. The highest BCUT2D eigenvalue weighted by Crippen LogP contribution is 2.28. The van der Waals surface area contributed by atoms with Crippen LogP contribution < -0.4 is 10.6 Å². The highest BCUT2D eigenvalue weighted by atomic mass is 32.2. The number of ether oxygens (including phenoxy) is 1. The van der Waals surface area contributed by atoms with E-state index in [1.165, 1.54) is 18.2 Å². The van der Waals surface area contributed by atoms with E-state index in [1.54, 1.807) is 13.0 Å². The van der Waals surface area contributed by atoms with Crippen LogP contribution in [-0.4, -0.2) is 41.2 Å². The fourth-order valence-electron chi connectivity index (χ4n) is 1.58. The summed E-state index contributed by atoms with van der Waals surface area (Å²) in [4.78, 5) is 45.2. The summed E-state index contributed by atoms with van der Waals surface area (Å²) < 4.78 is 4.74. The summed E-state index contributed by atoms with van der Waals surface area (Å²) >= 11 is 0.933. The van der Waals surface area contributed by atoms with Crippen molar-refractivity contribution >= 4 is 35.4 Å². The Balaban J connectivity index is 2.37. The molecule has 25 heavy (non-hydrogen) atoms. The van der Waals surface area contributed by atoms with E-state index in [9.17, 15) is 24.5 Å². The molecule has 136 valence electrons. The molecule has 0 spiro atoms. The van der Waals surface area contributed by atoms with Gasteiger partial charge < -0.3 is 10.1 Å². The Morgan fingerprint density at radius 3 is 2.64 bits per heavy atom. The first-order valence-corrected chi connectivity index (χ1v) is 8.44. The van der Waals surface area contributed by atoms with Crippen LogP contribution in [0.4, 0.5) is 10.5 Å². The van der Waals surface area contributed by atoms with Gasteiger partial charge in [-0.05, 0) is 19.4 Å². The van der Waals surface area contributed by atoms with E-state index in [2.05, 4.69) is 5.32 Å². The highest BCUT2D eigenvalue weighted by molar-refractivity contribution is 8.00. The van der Waals surface area contributed by atoms with Crippen molar-refractivity contribution in [3.05, 3.63) is 34.4 Å². The number of urea groups is 1. The van der Waals surface area contributed by atoms with Crippen molar-refractivity contribution in [1.82, 2.24) is 10.6 Å². The molecule has 0 aliphatic rings. The number of carbonyl (C=O) groups is 3. The standard InChI is InChI=1S/C15H19N3O6S/c1-3-10(2)16-15(21)17-13(19)8-24-14(20)9-25-12-7-5-4-6-11(12)18(22)23/h4-7,10H,3,8-9H2,1-2H3,(H2,16,17,19,21)/t10-/m0/s1. The van der Waals surface area contributed by atoms with Gasteiger partial charge in [-0.3, -0.25) is 25.0 Å². The molecule has 1 atom stereocenters. The number of nitro benzene ring substituents is 1. The molecular weight excluding hydrogens is 350 g/mol. The Hall–Kier alpha value is -2.62. The van der Waals surface area contributed by atoms with E-state index < -0.39 is 29.4 Å². The molecule has 1 aromatic rings. The Bertz CT molecular complexity index is 652. The summed E-state index contributed by atoms with van der Waals surface area (Å²) in [6.07, 6.45) is 0.708. The number of thioether (sulfide) groups is 1. The van der Waals surface area contributed by atoms with Crippen LogP contribution in [0.15, 0.2) is 29.2 Å². The van der Waals surface area contributed by atoms with Gasteiger partial charge in [0.05, 0.1) is 15.6 Å². The third-order valence-corrected chi connectivity index (χ3v) is 4.05. The molecule has 2 N–H and O–H groups in total. The minimum Gasteiger partial charge on any atom is -0.455 e. The number of rotatable bonds is 8. The smallest absolute Gasteiger partial charge is 0.321 e. The number of esters is 1. The van der Waals surface area contributed by atoms with Crippen molar-refractivity contribution < 1.29 is 24.0 Å². The van der Waals surface area contributed by atoms with Gasteiger partial charge in [0.15, 0.2) is 6.61 Å². The lowest BCUT2D eigenvalue weighted by molar-refractivity contribution is -0.387. The van der Waals surface area contributed by atoms with Crippen LogP contribution in [0, 0.1) is 10.1 Å². The van der Waals surface area contributed by atoms with Crippen LogP contribution in [0.3, 0.4) is 0 Å². The number of carbonyl (C=O) groups excluding carboxylic acids is 3. The predicted molar refractivity (Wildman–Crippen MR) is 91.2 cm³/mol. The molecule has 0 unspecified atom stereocenters. The van der Waals surface area contributed by atoms with Gasteiger partial charge in [0.25, 0.3) is 11.6 Å². The Kier molecular flexibility index (Phi) is 8.40. The van der Waals surface area contributed by atoms with E-state index in [-0.39, 0.29) is 17.5 Å². The highest BCUT2D eigenvalue weighted by Gasteiger charge is 2.16. The average Bonchev–Trinajstić information content (AvgIpc) is 2.57. The summed E-state index contributed by atoms with van der Waals surface area (Å²) in [5.74, 6) is -1.68. The van der Waals surface area contributed by atoms with E-state index in [1.807, 2.05) is 12.2 Å². The number of amides is 3. The number of nitrogens with zero attached hydrogens (tertiary/aromatic N) is 1. The number of hydrogen-bond acceptors (Lipinski definition) is 7. The summed E-state index contributed by atoms with van der Waals surface area (Å²) in [6.45, 7) is 3.05. The van der Waals surface area contributed by atoms with Crippen molar-refractivity contribution in [1.29, 1.82) is 0 Å². The monoisotopic (exact) mass is 369 g/mol. The third kappa shape index (κ3) is 7.66. The van der Waals surface area contributed by atoms with Crippen LogP contribution in [-0.2, 0) is 14.3 Å². The van der Waals surface area contributed by atoms with Gasteiger partial charge in [-0.2, -0.15) is 0 Å². The Morgan fingerprint density at radius 2 is 2.00 bits per heavy atom. The van der Waals surface area contributed by atoms with E-state index in [0.29, 0.717) is 11.3 Å². The van der Waals surface area contributed by atoms with E-state index in [0.717, 1.165) is 11.8 Å². The van der Waals surface area contributed by atoms with Crippen molar-refractivity contribution in [3.8, 4) is 0 Å². The minimum absolute atomic E-state index is 0.0894. The van der Waals surface area contributed by atoms with Gasteiger partial charge in [-0.25, -0.2) is 4.79 Å². The topological polar surface area (TPSA) is 128 Å². The molecule has 0 aliphatic heterocycles. The molecule has 0 bridgehead atoms. The summed E-state index contributed by atoms with van der Waals surface area (Å²) in [5, 5.41) is 15.4. The molecule has 0 aliphatic carbocycles. The van der Waals surface area contributed by atoms with Crippen molar-refractivity contribution in [2.24, 2.45) is 0 Å². The molecule has 0 fully saturated rings. The number of hydrogen-bond donors (Lipinski definition) is 2. The van der Waals surface area contributed by atoms with Crippen LogP contribution in [0.5, 0.6) is 0 Å². The lowest BCUT2D eigenvalue weighted by Gasteiger charge is -2.11. The second kappa shape index (κ2) is 10.3. The summed E-state index contributed by atoms with van der Waals surface area (Å²) in [6, 6.07) is 5.23. The maximum Gasteiger partial charge on any atom is 0.321 e. The maximum atomic E-state index is 11.6.